The molecule has 1 aromatic heterocycles. The number of amides is 1. The minimum Gasteiger partial charge on any atom is -0.388 e. The number of carbonyl (C=O) groups is 1. The van der Waals surface area contributed by atoms with Crippen molar-refractivity contribution in [1.82, 2.24) is 15.1 Å². The topological polar surface area (TPSA) is 67.2 Å². The van der Waals surface area contributed by atoms with Gasteiger partial charge in [-0.2, -0.15) is 5.10 Å². The molecule has 0 saturated carbocycles. The van der Waals surface area contributed by atoms with Gasteiger partial charge in [0.2, 0.25) is 0 Å². The van der Waals surface area contributed by atoms with Gasteiger partial charge in [-0.25, -0.2) is 0 Å². The normalized spacial score (nSPS) is 12.4. The van der Waals surface area contributed by atoms with E-state index in [4.69, 9.17) is 0 Å². The lowest BCUT2D eigenvalue weighted by molar-refractivity contribution is 0.0933. The number of rotatable bonds is 6. The van der Waals surface area contributed by atoms with E-state index in [2.05, 4.69) is 10.4 Å². The van der Waals surface area contributed by atoms with Crippen molar-refractivity contribution in [3.05, 3.63) is 53.3 Å². The molecule has 0 fully saturated rings. The smallest absolute Gasteiger partial charge is 0.269 e. The molecule has 2 N–H and O–H groups in total. The molecule has 2 aromatic rings. The van der Waals surface area contributed by atoms with Gasteiger partial charge in [0.15, 0.2) is 0 Å². The first-order valence-corrected chi connectivity index (χ1v) is 7.54. The molecule has 1 aromatic carbocycles. The first-order valence-electron chi connectivity index (χ1n) is 7.54. The Morgan fingerprint density at radius 2 is 2.00 bits per heavy atom. The number of nitrogens with one attached hydrogen (secondary N) is 1. The molecular weight excluding hydrogens is 278 g/mol. The molecule has 5 nitrogen and oxygen atoms in total. The number of hydrogen-bond acceptors (Lipinski definition) is 3. The summed E-state index contributed by atoms with van der Waals surface area (Å²) >= 11 is 0. The zero-order valence-electron chi connectivity index (χ0n) is 13.3. The highest BCUT2D eigenvalue weighted by atomic mass is 16.3. The molecule has 2 rings (SSSR count). The highest BCUT2D eigenvalue weighted by molar-refractivity contribution is 5.92. The van der Waals surface area contributed by atoms with E-state index in [0.717, 1.165) is 11.3 Å². The van der Waals surface area contributed by atoms with Crippen LogP contribution in [0.3, 0.4) is 0 Å². The lowest BCUT2D eigenvalue weighted by atomic mass is 10.1. The summed E-state index contributed by atoms with van der Waals surface area (Å²) in [6.45, 7) is 4.50. The summed E-state index contributed by atoms with van der Waals surface area (Å²) < 4.78 is 1.60. The van der Waals surface area contributed by atoms with Crippen molar-refractivity contribution in [3.63, 3.8) is 0 Å². The second kappa shape index (κ2) is 7.22. The average Bonchev–Trinajstić information content (AvgIpc) is 2.90. The van der Waals surface area contributed by atoms with Gasteiger partial charge in [0.1, 0.15) is 5.69 Å². The minimum atomic E-state index is -0.570. The molecular formula is C17H23N3O2. The zero-order valence-corrected chi connectivity index (χ0v) is 13.3. The standard InChI is InChI=1S/C17H23N3O2/c1-12(2)14-11-15(20(3)19-14)17(22)18-10-9-16(21)13-7-5-4-6-8-13/h4-8,11-12,16,21H,9-10H2,1-3H3,(H,18,22). The van der Waals surface area contributed by atoms with E-state index in [-0.39, 0.29) is 11.8 Å². The molecule has 1 amide bonds. The van der Waals surface area contributed by atoms with Crippen molar-refractivity contribution in [1.29, 1.82) is 0 Å². The van der Waals surface area contributed by atoms with Gasteiger partial charge in [0.05, 0.1) is 11.8 Å². The second-order valence-electron chi connectivity index (χ2n) is 5.70. The quantitative estimate of drug-likeness (QED) is 0.861. The van der Waals surface area contributed by atoms with E-state index in [1.807, 2.05) is 50.2 Å². The molecule has 1 unspecified atom stereocenters. The lowest BCUT2D eigenvalue weighted by Crippen LogP contribution is -2.27. The van der Waals surface area contributed by atoms with E-state index in [0.29, 0.717) is 18.7 Å². The Morgan fingerprint density at radius 1 is 1.32 bits per heavy atom. The number of nitrogens with zero attached hydrogens (tertiary/aromatic N) is 2. The van der Waals surface area contributed by atoms with Gasteiger partial charge in [0.25, 0.3) is 5.91 Å². The number of aryl methyl sites for hydroxylation is 1. The monoisotopic (exact) mass is 301 g/mol. The molecule has 0 radical (unpaired) electrons. The van der Waals surface area contributed by atoms with E-state index in [1.165, 1.54) is 0 Å². The minimum absolute atomic E-state index is 0.165. The van der Waals surface area contributed by atoms with Crippen LogP contribution in [0.5, 0.6) is 0 Å². The van der Waals surface area contributed by atoms with Crippen molar-refractivity contribution >= 4 is 5.91 Å². The summed E-state index contributed by atoms with van der Waals surface area (Å²) in [6, 6.07) is 11.3. The van der Waals surface area contributed by atoms with Crippen molar-refractivity contribution in [3.8, 4) is 0 Å². The largest absolute Gasteiger partial charge is 0.388 e. The maximum Gasteiger partial charge on any atom is 0.269 e. The zero-order chi connectivity index (χ0) is 16.1. The molecule has 0 bridgehead atoms. The number of aliphatic hydroxyl groups excluding tert-OH is 1. The molecule has 0 aliphatic carbocycles. The summed E-state index contributed by atoms with van der Waals surface area (Å²) in [4.78, 5) is 12.2. The van der Waals surface area contributed by atoms with Crippen LogP contribution in [0.25, 0.3) is 0 Å². The van der Waals surface area contributed by atoms with Gasteiger partial charge in [0, 0.05) is 13.6 Å². The van der Waals surface area contributed by atoms with Crippen molar-refractivity contribution in [2.24, 2.45) is 7.05 Å². The molecule has 1 atom stereocenters. The third kappa shape index (κ3) is 3.95. The lowest BCUT2D eigenvalue weighted by Gasteiger charge is -2.11. The Balaban J connectivity index is 1.88. The van der Waals surface area contributed by atoms with Crippen molar-refractivity contribution in [2.45, 2.75) is 32.3 Å². The van der Waals surface area contributed by atoms with Gasteiger partial charge >= 0.3 is 0 Å². The SMILES string of the molecule is CC(C)c1cc(C(=O)NCCC(O)c2ccccc2)n(C)n1. The van der Waals surface area contributed by atoms with Crippen molar-refractivity contribution < 1.29 is 9.90 Å². The Morgan fingerprint density at radius 3 is 2.59 bits per heavy atom. The number of benzene rings is 1. The summed E-state index contributed by atoms with van der Waals surface area (Å²) in [5, 5.41) is 17.2. The molecule has 0 aliphatic rings. The highest BCUT2D eigenvalue weighted by Gasteiger charge is 2.15. The summed E-state index contributed by atoms with van der Waals surface area (Å²) in [5.74, 6) is 0.120. The summed E-state index contributed by atoms with van der Waals surface area (Å²) in [5.41, 5.74) is 2.30. The maximum absolute atomic E-state index is 12.2. The fourth-order valence-electron chi connectivity index (χ4n) is 2.24. The molecule has 0 aliphatic heterocycles. The van der Waals surface area contributed by atoms with Crippen LogP contribution in [-0.2, 0) is 7.05 Å². The number of carbonyl (C=O) groups excluding carboxylic acids is 1. The Bertz CT molecular complexity index is 620. The van der Waals surface area contributed by atoms with E-state index < -0.39 is 6.10 Å². The molecule has 22 heavy (non-hydrogen) atoms. The van der Waals surface area contributed by atoms with Crippen LogP contribution < -0.4 is 5.32 Å². The van der Waals surface area contributed by atoms with Gasteiger partial charge in [-0.3, -0.25) is 9.48 Å². The summed E-state index contributed by atoms with van der Waals surface area (Å²) in [6.07, 6.45) is -0.0933. The first kappa shape index (κ1) is 16.2. The predicted octanol–water partition coefficient (Wildman–Crippen LogP) is 2.40. The van der Waals surface area contributed by atoms with Crippen LogP contribution in [0, 0.1) is 0 Å². The Hall–Kier alpha value is -2.14. The highest BCUT2D eigenvalue weighted by Crippen LogP contribution is 2.16. The van der Waals surface area contributed by atoms with E-state index in [1.54, 1.807) is 11.7 Å². The molecule has 0 spiro atoms. The van der Waals surface area contributed by atoms with Crippen LogP contribution in [0.2, 0.25) is 0 Å². The number of aliphatic hydroxyl groups is 1. The van der Waals surface area contributed by atoms with Gasteiger partial charge in [-0.05, 0) is 24.0 Å². The third-order valence-electron chi connectivity index (χ3n) is 3.61. The van der Waals surface area contributed by atoms with Crippen LogP contribution in [0.4, 0.5) is 0 Å². The molecule has 1 heterocycles. The molecule has 5 heteroatoms. The van der Waals surface area contributed by atoms with Gasteiger partial charge < -0.3 is 10.4 Å². The van der Waals surface area contributed by atoms with Crippen LogP contribution in [-0.4, -0.2) is 27.3 Å². The van der Waals surface area contributed by atoms with E-state index in [9.17, 15) is 9.90 Å². The second-order valence-corrected chi connectivity index (χ2v) is 5.70. The van der Waals surface area contributed by atoms with Crippen LogP contribution in [0.15, 0.2) is 36.4 Å². The average molecular weight is 301 g/mol. The fourth-order valence-corrected chi connectivity index (χ4v) is 2.24. The third-order valence-corrected chi connectivity index (χ3v) is 3.61. The van der Waals surface area contributed by atoms with Crippen LogP contribution >= 0.6 is 0 Å². The molecule has 0 saturated heterocycles. The number of hydrogen-bond donors (Lipinski definition) is 2. The number of aromatic nitrogens is 2. The Labute approximate surface area is 131 Å². The van der Waals surface area contributed by atoms with Crippen LogP contribution in [0.1, 0.15) is 54.0 Å². The van der Waals surface area contributed by atoms with E-state index >= 15 is 0 Å². The summed E-state index contributed by atoms with van der Waals surface area (Å²) in [7, 11) is 1.76. The fraction of sp³-hybridized carbons (Fsp3) is 0.412. The van der Waals surface area contributed by atoms with Gasteiger partial charge in [-0.15, -0.1) is 0 Å². The predicted molar refractivity (Wildman–Crippen MR) is 85.6 cm³/mol. The Kier molecular flexibility index (Phi) is 5.33. The maximum atomic E-state index is 12.2. The van der Waals surface area contributed by atoms with Crippen molar-refractivity contribution in [2.75, 3.05) is 6.54 Å². The molecule has 118 valence electrons. The van der Waals surface area contributed by atoms with Gasteiger partial charge in [-0.1, -0.05) is 44.2 Å². The first-order chi connectivity index (χ1) is 10.5.